The van der Waals surface area contributed by atoms with Gasteiger partial charge in [-0.25, -0.2) is 13.2 Å². The molecule has 0 aromatic heterocycles. The predicted octanol–water partition coefficient (Wildman–Crippen LogP) is 3.52. The van der Waals surface area contributed by atoms with Crippen molar-refractivity contribution in [3.05, 3.63) is 66.2 Å². The third kappa shape index (κ3) is 8.76. The minimum absolute atomic E-state index is 0.0217. The Labute approximate surface area is 282 Å². The second kappa shape index (κ2) is 16.5. The van der Waals surface area contributed by atoms with Crippen molar-refractivity contribution in [1.29, 1.82) is 0 Å². The van der Waals surface area contributed by atoms with Crippen LogP contribution in [-0.4, -0.2) is 99.5 Å². The van der Waals surface area contributed by atoms with Gasteiger partial charge in [-0.05, 0) is 47.2 Å². The van der Waals surface area contributed by atoms with E-state index in [-0.39, 0.29) is 42.7 Å². The summed E-state index contributed by atoms with van der Waals surface area (Å²) in [5.74, 6) is 0.588. The monoisotopic (exact) mass is 682 g/mol. The molecule has 0 radical (unpaired) electrons. The summed E-state index contributed by atoms with van der Waals surface area (Å²) < 4.78 is 45.0. The normalized spacial score (nSPS) is 15.9. The van der Waals surface area contributed by atoms with Crippen LogP contribution in [0, 0.1) is 5.92 Å². The van der Waals surface area contributed by atoms with E-state index < -0.39 is 22.1 Å². The summed E-state index contributed by atoms with van der Waals surface area (Å²) in [5, 5.41) is 18.3. The van der Waals surface area contributed by atoms with Gasteiger partial charge in [0.05, 0.1) is 24.7 Å². The van der Waals surface area contributed by atoms with Crippen molar-refractivity contribution >= 4 is 32.7 Å². The molecule has 12 nitrogen and oxygen atoms in total. The highest BCUT2D eigenvalue weighted by atomic mass is 32.2. The molecule has 260 valence electrons. The molecule has 1 saturated heterocycles. The van der Waals surface area contributed by atoms with Crippen LogP contribution in [0.3, 0.4) is 0 Å². The second-order valence-corrected chi connectivity index (χ2v) is 14.4. The number of morpholine rings is 1. The number of hydrogen-bond donors (Lipinski definition) is 3. The molecule has 13 heteroatoms. The molecule has 0 spiro atoms. The zero-order valence-electron chi connectivity index (χ0n) is 27.6. The Balaban J connectivity index is 1.21. The number of nitrogens with one attached hydrogen (secondary N) is 2. The first-order valence-corrected chi connectivity index (χ1v) is 18.0. The molecule has 3 aromatic carbocycles. The van der Waals surface area contributed by atoms with Crippen LogP contribution < -0.4 is 20.1 Å². The maximum Gasteiger partial charge on any atom is 0.318 e. The molecule has 1 fully saturated rings. The lowest BCUT2D eigenvalue weighted by molar-refractivity contribution is -0.123. The first kappa shape index (κ1) is 35.4. The van der Waals surface area contributed by atoms with Crippen molar-refractivity contribution < 1.29 is 37.3 Å². The zero-order valence-corrected chi connectivity index (χ0v) is 28.4. The maximum absolute atomic E-state index is 13.8. The lowest BCUT2D eigenvalue weighted by atomic mass is 9.98. The lowest BCUT2D eigenvalue weighted by Crippen LogP contribution is -2.54. The van der Waals surface area contributed by atoms with Crippen molar-refractivity contribution in [1.82, 2.24) is 19.8 Å². The summed E-state index contributed by atoms with van der Waals surface area (Å²) in [6.07, 6.45) is 1.83. The number of amides is 3. The summed E-state index contributed by atoms with van der Waals surface area (Å²) in [6, 6.07) is 16.7. The minimum atomic E-state index is -3.95. The number of carbonyl (C=O) groups excluding carboxylic acids is 2. The summed E-state index contributed by atoms with van der Waals surface area (Å²) in [4.78, 5) is 28.4. The maximum atomic E-state index is 13.8. The van der Waals surface area contributed by atoms with Crippen molar-refractivity contribution in [2.45, 2.75) is 56.5 Å². The third-order valence-corrected chi connectivity index (χ3v) is 10.5. The smallest absolute Gasteiger partial charge is 0.318 e. The zero-order chi connectivity index (χ0) is 34.1. The van der Waals surface area contributed by atoms with Crippen LogP contribution in [0.25, 0.3) is 10.8 Å². The van der Waals surface area contributed by atoms with E-state index in [4.69, 9.17) is 14.2 Å². The van der Waals surface area contributed by atoms with Crippen molar-refractivity contribution in [3.63, 3.8) is 0 Å². The van der Waals surface area contributed by atoms with Gasteiger partial charge < -0.3 is 34.9 Å². The summed E-state index contributed by atoms with van der Waals surface area (Å²) >= 11 is 0. The standard InChI is InChI=1S/C35H46N4O8S/c1-25(2)22-39(48(43,44)29-13-14-32-33(21-29)47-24-46-32)28(23-40)11-5-6-15-36-34(41)31(37-35(42)38-16-18-45-19-17-38)20-27-10-7-9-26-8-3-4-12-30(26)27/h3-4,7-10,12-14,21,25,28,31,40H,5-6,11,15-20,22-24H2,1-2H3,(H,36,41)(H,37,42)/t28-,31-/m0/s1. The summed E-state index contributed by atoms with van der Waals surface area (Å²) in [7, 11) is -3.95. The Morgan fingerprint density at radius 1 is 0.979 bits per heavy atom. The molecule has 3 amide bonds. The van der Waals surface area contributed by atoms with Crippen molar-refractivity contribution in [2.75, 3.05) is 52.8 Å². The van der Waals surface area contributed by atoms with E-state index in [9.17, 15) is 23.1 Å². The van der Waals surface area contributed by atoms with Crippen LogP contribution in [0.5, 0.6) is 11.5 Å². The van der Waals surface area contributed by atoms with Crippen LogP contribution in [0.15, 0.2) is 65.6 Å². The molecular weight excluding hydrogens is 636 g/mol. The molecule has 5 rings (SSSR count). The van der Waals surface area contributed by atoms with Crippen molar-refractivity contribution in [3.8, 4) is 11.5 Å². The van der Waals surface area contributed by atoms with Gasteiger partial charge in [0.15, 0.2) is 11.5 Å². The van der Waals surface area contributed by atoms with E-state index >= 15 is 0 Å². The van der Waals surface area contributed by atoms with Gasteiger partial charge in [-0.3, -0.25) is 4.79 Å². The number of aliphatic hydroxyl groups is 1. The van der Waals surface area contributed by atoms with E-state index in [0.29, 0.717) is 70.0 Å². The Bertz CT molecular complexity index is 1660. The number of sulfonamides is 1. The number of nitrogens with zero attached hydrogens (tertiary/aromatic N) is 2. The SMILES string of the molecule is CC(C)CN([C@H](CO)CCCCNC(=O)[C@H](Cc1cccc2ccccc12)NC(=O)N1CCOCC1)S(=O)(=O)c1ccc2c(c1)OCO2. The van der Waals surface area contributed by atoms with Gasteiger partial charge in [0.25, 0.3) is 0 Å². The molecule has 48 heavy (non-hydrogen) atoms. The molecule has 3 aromatic rings. The topological polar surface area (TPSA) is 147 Å². The molecule has 2 heterocycles. The highest BCUT2D eigenvalue weighted by Gasteiger charge is 2.33. The van der Waals surface area contributed by atoms with Gasteiger partial charge >= 0.3 is 6.03 Å². The number of unbranched alkanes of at least 4 members (excludes halogenated alkanes) is 1. The van der Waals surface area contributed by atoms with Crippen LogP contribution >= 0.6 is 0 Å². The fourth-order valence-electron chi connectivity index (χ4n) is 6.05. The molecule has 0 saturated carbocycles. The Morgan fingerprint density at radius 2 is 1.73 bits per heavy atom. The Hall–Kier alpha value is -3.91. The average Bonchev–Trinajstić information content (AvgIpc) is 3.57. The van der Waals surface area contributed by atoms with Crippen LogP contribution in [0.2, 0.25) is 0 Å². The number of urea groups is 1. The molecule has 2 aliphatic heterocycles. The number of fused-ring (bicyclic) bond motifs is 2. The summed E-state index contributed by atoms with van der Waals surface area (Å²) in [5.41, 5.74) is 0.954. The molecule has 2 atom stereocenters. The minimum Gasteiger partial charge on any atom is -0.454 e. The Morgan fingerprint density at radius 3 is 2.50 bits per heavy atom. The quantitative estimate of drug-likeness (QED) is 0.207. The van der Waals surface area contributed by atoms with Gasteiger partial charge in [0, 0.05) is 44.7 Å². The van der Waals surface area contributed by atoms with Crippen LogP contribution in [-0.2, 0) is 26.0 Å². The van der Waals surface area contributed by atoms with Gasteiger partial charge in [-0.2, -0.15) is 4.31 Å². The number of ether oxygens (including phenoxy) is 3. The number of benzene rings is 3. The first-order valence-electron chi connectivity index (χ1n) is 16.6. The van der Waals surface area contributed by atoms with E-state index in [2.05, 4.69) is 10.6 Å². The molecular formula is C35H46N4O8S. The fraction of sp³-hybridized carbons (Fsp3) is 0.486. The number of carbonyl (C=O) groups is 2. The number of hydrogen-bond acceptors (Lipinski definition) is 8. The molecule has 3 N–H and O–H groups in total. The van der Waals surface area contributed by atoms with Crippen LogP contribution in [0.4, 0.5) is 4.79 Å². The highest BCUT2D eigenvalue weighted by Crippen LogP contribution is 2.35. The highest BCUT2D eigenvalue weighted by molar-refractivity contribution is 7.89. The van der Waals surface area contributed by atoms with Crippen LogP contribution in [0.1, 0.15) is 38.7 Å². The second-order valence-electron chi connectivity index (χ2n) is 12.6. The largest absolute Gasteiger partial charge is 0.454 e. The molecule has 0 bridgehead atoms. The van der Waals surface area contributed by atoms with E-state index in [0.717, 1.165) is 16.3 Å². The van der Waals surface area contributed by atoms with Gasteiger partial charge in [-0.1, -0.05) is 62.7 Å². The molecule has 0 unspecified atom stereocenters. The van der Waals surface area contributed by atoms with Crippen molar-refractivity contribution in [2.24, 2.45) is 5.92 Å². The van der Waals surface area contributed by atoms with E-state index in [1.807, 2.05) is 56.3 Å². The fourth-order valence-corrected chi connectivity index (χ4v) is 7.87. The number of aliphatic hydroxyl groups excluding tert-OH is 1. The van der Waals surface area contributed by atoms with Gasteiger partial charge in [-0.15, -0.1) is 0 Å². The number of rotatable bonds is 15. The van der Waals surface area contributed by atoms with Gasteiger partial charge in [0.1, 0.15) is 6.04 Å². The van der Waals surface area contributed by atoms with E-state index in [1.54, 1.807) is 11.0 Å². The lowest BCUT2D eigenvalue weighted by Gasteiger charge is -2.31. The molecule has 2 aliphatic rings. The molecule has 0 aliphatic carbocycles. The third-order valence-electron chi connectivity index (χ3n) is 8.59. The van der Waals surface area contributed by atoms with Gasteiger partial charge in [0.2, 0.25) is 22.7 Å². The first-order chi connectivity index (χ1) is 23.2. The Kier molecular flexibility index (Phi) is 12.1. The summed E-state index contributed by atoms with van der Waals surface area (Å²) in [6.45, 7) is 5.93. The predicted molar refractivity (Wildman–Crippen MR) is 181 cm³/mol. The average molecular weight is 683 g/mol. The van der Waals surface area contributed by atoms with E-state index in [1.165, 1.54) is 16.4 Å².